The van der Waals surface area contributed by atoms with Crippen molar-refractivity contribution in [1.82, 2.24) is 0 Å². The summed E-state index contributed by atoms with van der Waals surface area (Å²) in [7, 11) is 0. The van der Waals surface area contributed by atoms with Gasteiger partial charge in [-0.15, -0.1) is 0 Å². The van der Waals surface area contributed by atoms with Crippen LogP contribution in [0, 0.1) is 0 Å². The first kappa shape index (κ1) is 11.8. The van der Waals surface area contributed by atoms with E-state index in [1.807, 2.05) is 0 Å². The minimum Gasteiger partial charge on any atom is -0.464 e. The van der Waals surface area contributed by atoms with Crippen molar-refractivity contribution in [1.29, 1.82) is 0 Å². The second-order valence-electron chi connectivity index (χ2n) is 3.98. The van der Waals surface area contributed by atoms with Gasteiger partial charge in [0, 0.05) is 13.0 Å². The van der Waals surface area contributed by atoms with Gasteiger partial charge >= 0.3 is 5.97 Å². The number of carbonyl (C=O) groups is 1. The molecule has 5 nitrogen and oxygen atoms in total. The minimum absolute atomic E-state index is 0.0899. The molecule has 0 radical (unpaired) electrons. The molecule has 2 saturated heterocycles. The highest BCUT2D eigenvalue weighted by atomic mass is 16.7. The molecule has 0 aromatic rings. The maximum Gasteiger partial charge on any atom is 0.335 e. The molecule has 0 aliphatic carbocycles. The van der Waals surface area contributed by atoms with E-state index >= 15 is 0 Å². The largest absolute Gasteiger partial charge is 0.464 e. The average molecular weight is 230 g/mol. The van der Waals surface area contributed by atoms with Crippen LogP contribution in [0.5, 0.6) is 0 Å². The van der Waals surface area contributed by atoms with Crippen molar-refractivity contribution in [3.05, 3.63) is 0 Å². The summed E-state index contributed by atoms with van der Waals surface area (Å²) in [6, 6.07) is 0. The molecule has 2 atom stereocenters. The fourth-order valence-corrected chi connectivity index (χ4v) is 1.84. The first-order valence-electron chi connectivity index (χ1n) is 5.88. The lowest BCUT2D eigenvalue weighted by Crippen LogP contribution is -2.26. The zero-order valence-corrected chi connectivity index (χ0v) is 9.35. The van der Waals surface area contributed by atoms with Gasteiger partial charge in [0.25, 0.3) is 0 Å². The smallest absolute Gasteiger partial charge is 0.335 e. The Bertz CT molecular complexity index is 224. The Kier molecular flexibility index (Phi) is 4.56. The van der Waals surface area contributed by atoms with Crippen molar-refractivity contribution in [3.63, 3.8) is 0 Å². The van der Waals surface area contributed by atoms with Crippen molar-refractivity contribution in [2.45, 2.75) is 38.1 Å². The number of rotatable bonds is 5. The van der Waals surface area contributed by atoms with Gasteiger partial charge in [-0.25, -0.2) is 4.79 Å². The lowest BCUT2D eigenvalue weighted by Gasteiger charge is -2.22. The van der Waals surface area contributed by atoms with Crippen LogP contribution in [0.1, 0.15) is 25.7 Å². The molecule has 0 aromatic heterocycles. The van der Waals surface area contributed by atoms with Gasteiger partial charge in [0.2, 0.25) is 0 Å². The van der Waals surface area contributed by atoms with E-state index in [9.17, 15) is 4.79 Å². The first-order chi connectivity index (χ1) is 7.86. The second kappa shape index (κ2) is 6.18. The highest BCUT2D eigenvalue weighted by Gasteiger charge is 2.27. The predicted molar refractivity (Wildman–Crippen MR) is 54.9 cm³/mol. The third kappa shape index (κ3) is 3.43. The molecule has 0 saturated carbocycles. The summed E-state index contributed by atoms with van der Waals surface area (Å²) in [5.41, 5.74) is 0. The van der Waals surface area contributed by atoms with Crippen molar-refractivity contribution in [2.24, 2.45) is 0 Å². The molecule has 0 amide bonds. The first-order valence-corrected chi connectivity index (χ1v) is 5.88. The van der Waals surface area contributed by atoms with Gasteiger partial charge in [0.1, 0.15) is 0 Å². The molecule has 0 aromatic carbocycles. The van der Waals surface area contributed by atoms with Crippen LogP contribution in [0.3, 0.4) is 0 Å². The third-order valence-corrected chi connectivity index (χ3v) is 2.73. The molecule has 2 heterocycles. The monoisotopic (exact) mass is 230 g/mol. The molecule has 16 heavy (non-hydrogen) atoms. The Morgan fingerprint density at radius 3 is 2.69 bits per heavy atom. The van der Waals surface area contributed by atoms with Gasteiger partial charge < -0.3 is 18.9 Å². The van der Waals surface area contributed by atoms with E-state index in [1.54, 1.807) is 0 Å². The van der Waals surface area contributed by atoms with Gasteiger partial charge in [0.15, 0.2) is 12.4 Å². The van der Waals surface area contributed by atoms with Crippen LogP contribution in [0.25, 0.3) is 0 Å². The number of hydrogen-bond donors (Lipinski definition) is 0. The van der Waals surface area contributed by atoms with Gasteiger partial charge in [-0.1, -0.05) is 0 Å². The van der Waals surface area contributed by atoms with Gasteiger partial charge in [-0.3, -0.25) is 0 Å². The molecule has 2 aliphatic heterocycles. The molecule has 2 fully saturated rings. The van der Waals surface area contributed by atoms with Crippen molar-refractivity contribution >= 4 is 5.97 Å². The Labute approximate surface area is 95.0 Å². The normalized spacial score (nSPS) is 30.4. The Hall–Kier alpha value is -0.650. The van der Waals surface area contributed by atoms with E-state index in [2.05, 4.69) is 0 Å². The molecule has 0 spiro atoms. The topological polar surface area (TPSA) is 54.0 Å². The molecule has 5 heteroatoms. The van der Waals surface area contributed by atoms with Gasteiger partial charge in [0.05, 0.1) is 19.8 Å². The van der Waals surface area contributed by atoms with Gasteiger partial charge in [-0.05, 0) is 19.3 Å². The average Bonchev–Trinajstić information content (AvgIpc) is 2.72. The zero-order valence-electron chi connectivity index (χ0n) is 9.35. The minimum atomic E-state index is -0.393. The standard InChI is InChI=1S/C11H18O5/c12-11-9(4-6-16-11)13-7-8-15-10-3-1-2-5-14-10/h9-10H,1-8H2. The highest BCUT2D eigenvalue weighted by molar-refractivity contribution is 5.76. The molecule has 2 rings (SSSR count). The van der Waals surface area contributed by atoms with E-state index in [-0.39, 0.29) is 12.3 Å². The predicted octanol–water partition coefficient (Wildman–Crippen LogP) is 0.862. The molecular weight excluding hydrogens is 212 g/mol. The van der Waals surface area contributed by atoms with Crippen LogP contribution in [0.15, 0.2) is 0 Å². The van der Waals surface area contributed by atoms with E-state index in [4.69, 9.17) is 18.9 Å². The lowest BCUT2D eigenvalue weighted by molar-refractivity contribution is -0.173. The zero-order chi connectivity index (χ0) is 11.2. The summed E-state index contributed by atoms with van der Waals surface area (Å²) in [5, 5.41) is 0. The maximum atomic E-state index is 11.1. The number of cyclic esters (lactones) is 1. The van der Waals surface area contributed by atoms with Crippen molar-refractivity contribution in [2.75, 3.05) is 26.4 Å². The van der Waals surface area contributed by atoms with E-state index in [0.29, 0.717) is 26.2 Å². The summed E-state index contributed by atoms with van der Waals surface area (Å²) in [5.74, 6) is -0.256. The summed E-state index contributed by atoms with van der Waals surface area (Å²) >= 11 is 0. The van der Waals surface area contributed by atoms with Crippen LogP contribution >= 0.6 is 0 Å². The molecule has 2 unspecified atom stereocenters. The van der Waals surface area contributed by atoms with Crippen LogP contribution in [-0.4, -0.2) is 44.8 Å². The summed E-state index contributed by atoms with van der Waals surface area (Å²) < 4.78 is 21.0. The van der Waals surface area contributed by atoms with E-state index in [1.165, 1.54) is 0 Å². The summed E-state index contributed by atoms with van der Waals surface area (Å²) in [6.07, 6.45) is 3.39. The number of esters is 1. The molecule has 2 aliphatic rings. The molecule has 0 bridgehead atoms. The third-order valence-electron chi connectivity index (χ3n) is 2.73. The second-order valence-corrected chi connectivity index (χ2v) is 3.98. The Balaban J connectivity index is 1.52. The summed E-state index contributed by atoms with van der Waals surface area (Å²) in [6.45, 7) is 2.13. The van der Waals surface area contributed by atoms with Crippen LogP contribution in [0.2, 0.25) is 0 Å². The SMILES string of the molecule is O=C1OCCC1OCCOC1CCCCO1. The quantitative estimate of drug-likeness (QED) is 0.518. The van der Waals surface area contributed by atoms with Crippen molar-refractivity contribution < 1.29 is 23.7 Å². The van der Waals surface area contributed by atoms with Crippen LogP contribution in [-0.2, 0) is 23.7 Å². The van der Waals surface area contributed by atoms with E-state index in [0.717, 1.165) is 25.9 Å². The molecular formula is C11H18O5. The van der Waals surface area contributed by atoms with Crippen molar-refractivity contribution in [3.8, 4) is 0 Å². The molecule has 0 N–H and O–H groups in total. The highest BCUT2D eigenvalue weighted by Crippen LogP contribution is 2.14. The number of ether oxygens (including phenoxy) is 4. The molecule has 92 valence electrons. The fraction of sp³-hybridized carbons (Fsp3) is 0.909. The van der Waals surface area contributed by atoms with Crippen LogP contribution in [0.4, 0.5) is 0 Å². The fourth-order valence-electron chi connectivity index (χ4n) is 1.84. The van der Waals surface area contributed by atoms with E-state index < -0.39 is 6.10 Å². The number of carbonyl (C=O) groups excluding carboxylic acids is 1. The Morgan fingerprint density at radius 2 is 2.00 bits per heavy atom. The number of hydrogen-bond acceptors (Lipinski definition) is 5. The van der Waals surface area contributed by atoms with Gasteiger partial charge in [-0.2, -0.15) is 0 Å². The Morgan fingerprint density at radius 1 is 1.12 bits per heavy atom. The van der Waals surface area contributed by atoms with Crippen LogP contribution < -0.4 is 0 Å². The lowest BCUT2D eigenvalue weighted by atomic mass is 10.2. The maximum absolute atomic E-state index is 11.1. The summed E-state index contributed by atoms with van der Waals surface area (Å²) in [4.78, 5) is 11.1.